The minimum absolute atomic E-state index is 0.327. The first kappa shape index (κ1) is 12.6. The van der Waals surface area contributed by atoms with E-state index in [1.54, 1.807) is 0 Å². The van der Waals surface area contributed by atoms with E-state index in [2.05, 4.69) is 15.4 Å². The molecule has 0 fully saturated rings. The van der Waals surface area contributed by atoms with Crippen molar-refractivity contribution in [2.24, 2.45) is 5.84 Å². The summed E-state index contributed by atoms with van der Waals surface area (Å²) in [6, 6.07) is 8.07. The molecular formula is C12H14ClN5. The van der Waals surface area contributed by atoms with Gasteiger partial charge in [-0.3, -0.25) is 5.43 Å². The van der Waals surface area contributed by atoms with Gasteiger partial charge in [0.05, 0.1) is 6.20 Å². The van der Waals surface area contributed by atoms with Gasteiger partial charge >= 0.3 is 0 Å². The van der Waals surface area contributed by atoms with Gasteiger partial charge in [-0.1, -0.05) is 29.3 Å². The van der Waals surface area contributed by atoms with Crippen LogP contribution < -0.4 is 16.2 Å². The molecule has 0 aliphatic rings. The van der Waals surface area contributed by atoms with E-state index in [0.29, 0.717) is 16.8 Å². The maximum Gasteiger partial charge on any atom is 0.239 e. The molecule has 0 aliphatic carbocycles. The third kappa shape index (κ3) is 2.52. The maximum atomic E-state index is 6.09. The van der Waals surface area contributed by atoms with Crippen LogP contribution in [-0.4, -0.2) is 17.0 Å². The number of aryl methyl sites for hydroxylation is 1. The van der Waals surface area contributed by atoms with E-state index in [0.717, 1.165) is 5.69 Å². The fraction of sp³-hybridized carbons (Fsp3) is 0.167. The SMILES string of the molecule is Cc1ccc(N(C)c2nc(NN)ncc2Cl)cc1. The summed E-state index contributed by atoms with van der Waals surface area (Å²) < 4.78 is 0. The zero-order valence-corrected chi connectivity index (χ0v) is 10.9. The molecule has 0 aliphatic heterocycles. The summed E-state index contributed by atoms with van der Waals surface area (Å²) in [7, 11) is 1.89. The van der Waals surface area contributed by atoms with Gasteiger partial charge in [-0.2, -0.15) is 4.98 Å². The normalized spacial score (nSPS) is 10.2. The minimum Gasteiger partial charge on any atom is -0.328 e. The molecule has 94 valence electrons. The summed E-state index contributed by atoms with van der Waals surface area (Å²) in [5.41, 5.74) is 4.59. The van der Waals surface area contributed by atoms with Crippen LogP contribution in [0.3, 0.4) is 0 Å². The van der Waals surface area contributed by atoms with Gasteiger partial charge in [0.25, 0.3) is 0 Å². The Morgan fingerprint density at radius 2 is 1.94 bits per heavy atom. The van der Waals surface area contributed by atoms with Crippen molar-refractivity contribution in [3.8, 4) is 0 Å². The van der Waals surface area contributed by atoms with Crippen LogP contribution in [0, 0.1) is 6.92 Å². The van der Waals surface area contributed by atoms with E-state index in [9.17, 15) is 0 Å². The van der Waals surface area contributed by atoms with E-state index in [4.69, 9.17) is 17.4 Å². The Hall–Kier alpha value is -1.85. The Morgan fingerprint density at radius 3 is 2.56 bits per heavy atom. The van der Waals surface area contributed by atoms with Crippen molar-refractivity contribution < 1.29 is 0 Å². The summed E-state index contributed by atoms with van der Waals surface area (Å²) in [6.45, 7) is 2.04. The Bertz CT molecular complexity index is 541. The van der Waals surface area contributed by atoms with Crippen molar-refractivity contribution in [2.45, 2.75) is 6.92 Å². The van der Waals surface area contributed by atoms with Crippen LogP contribution in [0.25, 0.3) is 0 Å². The fourth-order valence-corrected chi connectivity index (χ4v) is 1.77. The van der Waals surface area contributed by atoms with Gasteiger partial charge in [-0.05, 0) is 19.1 Å². The topological polar surface area (TPSA) is 67.1 Å². The highest BCUT2D eigenvalue weighted by Gasteiger charge is 2.11. The number of anilines is 3. The molecule has 2 aromatic rings. The number of benzene rings is 1. The van der Waals surface area contributed by atoms with Crippen LogP contribution in [0.2, 0.25) is 5.02 Å². The highest BCUT2D eigenvalue weighted by atomic mass is 35.5. The van der Waals surface area contributed by atoms with Crippen LogP contribution in [0.5, 0.6) is 0 Å². The summed E-state index contributed by atoms with van der Waals surface area (Å²) in [5, 5.41) is 0.470. The molecule has 0 bridgehead atoms. The van der Waals surface area contributed by atoms with Crippen molar-refractivity contribution in [3.63, 3.8) is 0 Å². The molecule has 0 amide bonds. The molecule has 0 unspecified atom stereocenters. The molecule has 0 saturated carbocycles. The molecule has 0 atom stereocenters. The Morgan fingerprint density at radius 1 is 1.28 bits per heavy atom. The largest absolute Gasteiger partial charge is 0.328 e. The molecule has 1 heterocycles. The van der Waals surface area contributed by atoms with Gasteiger partial charge in [0, 0.05) is 12.7 Å². The summed E-state index contributed by atoms with van der Waals surface area (Å²) in [4.78, 5) is 10.1. The van der Waals surface area contributed by atoms with Crippen LogP contribution in [-0.2, 0) is 0 Å². The predicted octanol–water partition coefficient (Wildman–Crippen LogP) is 2.49. The third-order valence-electron chi connectivity index (χ3n) is 2.59. The smallest absolute Gasteiger partial charge is 0.239 e. The zero-order valence-electron chi connectivity index (χ0n) is 10.2. The number of nitrogens with zero attached hydrogens (tertiary/aromatic N) is 3. The Balaban J connectivity index is 2.38. The number of halogens is 1. The van der Waals surface area contributed by atoms with Crippen molar-refractivity contribution in [1.29, 1.82) is 0 Å². The molecule has 6 heteroatoms. The van der Waals surface area contributed by atoms with Crippen molar-refractivity contribution >= 4 is 29.1 Å². The van der Waals surface area contributed by atoms with E-state index < -0.39 is 0 Å². The number of hydrogen-bond donors (Lipinski definition) is 2. The molecule has 18 heavy (non-hydrogen) atoms. The molecule has 0 saturated heterocycles. The van der Waals surface area contributed by atoms with Gasteiger partial charge in [-0.15, -0.1) is 0 Å². The lowest BCUT2D eigenvalue weighted by molar-refractivity contribution is 1.06. The second kappa shape index (κ2) is 5.20. The first-order valence-corrected chi connectivity index (χ1v) is 5.79. The number of rotatable bonds is 3. The van der Waals surface area contributed by atoms with Crippen LogP contribution in [0.1, 0.15) is 5.56 Å². The molecule has 1 aromatic heterocycles. The number of aromatic nitrogens is 2. The standard InChI is InChI=1S/C12H14ClN5/c1-8-3-5-9(6-4-8)18(2)11-10(13)7-15-12(16-11)17-14/h3-7H,14H2,1-2H3,(H,15,16,17). The monoisotopic (exact) mass is 263 g/mol. The number of nitrogens with one attached hydrogen (secondary N) is 1. The van der Waals surface area contributed by atoms with Gasteiger partial charge in [0.15, 0.2) is 5.82 Å². The number of nitrogens with two attached hydrogens (primary N) is 1. The van der Waals surface area contributed by atoms with E-state index in [1.165, 1.54) is 11.8 Å². The first-order chi connectivity index (χ1) is 8.61. The van der Waals surface area contributed by atoms with Crippen LogP contribution in [0.4, 0.5) is 17.5 Å². The summed E-state index contributed by atoms with van der Waals surface area (Å²) in [6.07, 6.45) is 1.52. The van der Waals surface area contributed by atoms with Crippen LogP contribution >= 0.6 is 11.6 Å². The third-order valence-corrected chi connectivity index (χ3v) is 2.86. The van der Waals surface area contributed by atoms with Crippen molar-refractivity contribution in [2.75, 3.05) is 17.4 Å². The van der Waals surface area contributed by atoms with Crippen molar-refractivity contribution in [3.05, 3.63) is 41.0 Å². The zero-order chi connectivity index (χ0) is 13.1. The average molecular weight is 264 g/mol. The summed E-state index contributed by atoms with van der Waals surface area (Å²) in [5.74, 6) is 6.22. The lowest BCUT2D eigenvalue weighted by atomic mass is 10.2. The molecule has 0 spiro atoms. The average Bonchev–Trinajstić information content (AvgIpc) is 2.39. The highest BCUT2D eigenvalue weighted by molar-refractivity contribution is 6.33. The molecule has 5 nitrogen and oxygen atoms in total. The van der Waals surface area contributed by atoms with E-state index >= 15 is 0 Å². The quantitative estimate of drug-likeness (QED) is 0.658. The second-order valence-electron chi connectivity index (χ2n) is 3.90. The van der Waals surface area contributed by atoms with Crippen molar-refractivity contribution in [1.82, 2.24) is 9.97 Å². The van der Waals surface area contributed by atoms with E-state index in [1.807, 2.05) is 43.1 Å². The Kier molecular flexibility index (Phi) is 3.64. The van der Waals surface area contributed by atoms with E-state index in [-0.39, 0.29) is 0 Å². The molecule has 2 rings (SSSR count). The predicted molar refractivity (Wildman–Crippen MR) is 74.1 cm³/mol. The number of nitrogen functional groups attached to an aromatic ring is 1. The molecule has 3 N–H and O–H groups in total. The van der Waals surface area contributed by atoms with Gasteiger partial charge in [0.1, 0.15) is 5.02 Å². The first-order valence-electron chi connectivity index (χ1n) is 5.41. The number of hydrazine groups is 1. The second-order valence-corrected chi connectivity index (χ2v) is 4.31. The van der Waals surface area contributed by atoms with Crippen LogP contribution in [0.15, 0.2) is 30.5 Å². The van der Waals surface area contributed by atoms with Gasteiger partial charge in [-0.25, -0.2) is 10.8 Å². The lowest BCUT2D eigenvalue weighted by Crippen LogP contribution is -2.16. The molecular weight excluding hydrogens is 250 g/mol. The highest BCUT2D eigenvalue weighted by Crippen LogP contribution is 2.28. The number of hydrogen-bond acceptors (Lipinski definition) is 5. The minimum atomic E-state index is 0.327. The molecule has 1 aromatic carbocycles. The van der Waals surface area contributed by atoms with Gasteiger partial charge in [0.2, 0.25) is 5.95 Å². The Labute approximate surface area is 111 Å². The fourth-order valence-electron chi connectivity index (χ4n) is 1.55. The molecule has 0 radical (unpaired) electrons. The maximum absolute atomic E-state index is 6.09. The van der Waals surface area contributed by atoms with Gasteiger partial charge < -0.3 is 4.90 Å². The summed E-state index contributed by atoms with van der Waals surface area (Å²) >= 11 is 6.09. The lowest BCUT2D eigenvalue weighted by Gasteiger charge is -2.19.